The molecule has 2 aliphatic rings. The maximum Gasteiger partial charge on any atom is 0.355 e. The lowest BCUT2D eigenvalue weighted by atomic mass is 9.89. The standard InChI is InChI=1S/C20H16N4O7S/c1-11(25)31-17(14-8-21-6-7-22-14)16-18(26)23-15(10-32-19(16)23)20(27)30-9-12-2-4-13(5-3-12)24(28)29/h2-8,10,16-17,19H,9H2,1H3/t16?,17?,19-/m1/s1. The highest BCUT2D eigenvalue weighted by Crippen LogP contribution is 2.50. The first-order valence-corrected chi connectivity index (χ1v) is 10.3. The highest BCUT2D eigenvalue weighted by molar-refractivity contribution is 8.03. The summed E-state index contributed by atoms with van der Waals surface area (Å²) in [6.07, 6.45) is 3.41. The number of carbonyl (C=O) groups is 3. The van der Waals surface area contributed by atoms with E-state index in [-0.39, 0.29) is 18.0 Å². The first kappa shape index (κ1) is 21.4. The average Bonchev–Trinajstić information content (AvgIpc) is 3.17. The number of nitrogens with zero attached hydrogens (tertiary/aromatic N) is 4. The van der Waals surface area contributed by atoms with Crippen LogP contribution in [0.15, 0.2) is 54.0 Å². The third kappa shape index (κ3) is 4.04. The highest BCUT2D eigenvalue weighted by Gasteiger charge is 2.58. The number of rotatable bonds is 7. The van der Waals surface area contributed by atoms with Crippen molar-refractivity contribution in [3.8, 4) is 0 Å². The van der Waals surface area contributed by atoms with Gasteiger partial charge in [-0.15, -0.1) is 11.8 Å². The molecule has 1 amide bonds. The van der Waals surface area contributed by atoms with Gasteiger partial charge in [0.25, 0.3) is 5.69 Å². The molecule has 32 heavy (non-hydrogen) atoms. The zero-order chi connectivity index (χ0) is 22.8. The van der Waals surface area contributed by atoms with Gasteiger partial charge in [-0.25, -0.2) is 4.79 Å². The molecule has 0 radical (unpaired) electrons. The maximum atomic E-state index is 12.9. The molecule has 1 fully saturated rings. The van der Waals surface area contributed by atoms with E-state index in [1.165, 1.54) is 71.8 Å². The molecule has 1 aromatic carbocycles. The van der Waals surface area contributed by atoms with E-state index in [2.05, 4.69) is 9.97 Å². The number of thioether (sulfide) groups is 1. The normalized spacial score (nSPS) is 20.0. The van der Waals surface area contributed by atoms with Crippen molar-refractivity contribution in [3.05, 3.63) is 75.3 Å². The van der Waals surface area contributed by atoms with Crippen molar-refractivity contribution >= 4 is 35.3 Å². The van der Waals surface area contributed by atoms with Gasteiger partial charge in [-0.1, -0.05) is 0 Å². The first-order valence-electron chi connectivity index (χ1n) is 9.39. The van der Waals surface area contributed by atoms with Crippen LogP contribution in [0.1, 0.15) is 24.3 Å². The Hall–Kier alpha value is -3.80. The number of nitro benzene ring substituents is 1. The molecular weight excluding hydrogens is 440 g/mol. The molecule has 3 heterocycles. The number of hydrogen-bond donors (Lipinski definition) is 0. The lowest BCUT2D eigenvalue weighted by Gasteiger charge is -2.45. The Morgan fingerprint density at radius 3 is 2.66 bits per heavy atom. The summed E-state index contributed by atoms with van der Waals surface area (Å²) in [5.41, 5.74) is 0.928. The molecule has 2 unspecified atom stereocenters. The number of ether oxygens (including phenoxy) is 2. The molecule has 3 atom stereocenters. The van der Waals surface area contributed by atoms with Crippen LogP contribution in [0.5, 0.6) is 0 Å². The van der Waals surface area contributed by atoms with E-state index in [4.69, 9.17) is 9.47 Å². The minimum absolute atomic E-state index is 0.0690. The molecular formula is C20H16N4O7S. The Balaban J connectivity index is 1.42. The van der Waals surface area contributed by atoms with Gasteiger partial charge in [0, 0.05) is 36.9 Å². The fraction of sp³-hybridized carbons (Fsp3) is 0.250. The second kappa shape index (κ2) is 8.75. The highest BCUT2D eigenvalue weighted by atomic mass is 32.2. The van der Waals surface area contributed by atoms with E-state index in [0.29, 0.717) is 11.3 Å². The Labute approximate surface area is 185 Å². The van der Waals surface area contributed by atoms with E-state index in [0.717, 1.165) is 0 Å². The van der Waals surface area contributed by atoms with E-state index in [1.807, 2.05) is 0 Å². The van der Waals surface area contributed by atoms with Gasteiger partial charge in [-0.05, 0) is 17.7 Å². The summed E-state index contributed by atoms with van der Waals surface area (Å²) < 4.78 is 10.6. The van der Waals surface area contributed by atoms with Crippen LogP contribution in [0.3, 0.4) is 0 Å². The number of esters is 2. The van der Waals surface area contributed by atoms with Gasteiger partial charge in [-0.3, -0.25) is 34.6 Å². The van der Waals surface area contributed by atoms with Gasteiger partial charge in [0.2, 0.25) is 5.91 Å². The predicted molar refractivity (Wildman–Crippen MR) is 109 cm³/mol. The fourth-order valence-electron chi connectivity index (χ4n) is 3.39. The van der Waals surface area contributed by atoms with Crippen LogP contribution >= 0.6 is 11.8 Å². The second-order valence-corrected chi connectivity index (χ2v) is 7.91. The Morgan fingerprint density at radius 1 is 1.28 bits per heavy atom. The monoisotopic (exact) mass is 456 g/mol. The number of fused-ring (bicyclic) bond motifs is 1. The van der Waals surface area contributed by atoms with Crippen molar-refractivity contribution in [1.29, 1.82) is 0 Å². The molecule has 11 nitrogen and oxygen atoms in total. The van der Waals surface area contributed by atoms with Gasteiger partial charge in [0.15, 0.2) is 6.10 Å². The van der Waals surface area contributed by atoms with Crippen molar-refractivity contribution in [1.82, 2.24) is 14.9 Å². The molecule has 2 aromatic rings. The van der Waals surface area contributed by atoms with E-state index in [1.54, 1.807) is 0 Å². The minimum atomic E-state index is -0.925. The Morgan fingerprint density at radius 2 is 2.03 bits per heavy atom. The number of nitro groups is 1. The lowest BCUT2D eigenvalue weighted by molar-refractivity contribution is -0.384. The summed E-state index contributed by atoms with van der Waals surface area (Å²) in [7, 11) is 0. The van der Waals surface area contributed by atoms with Crippen molar-refractivity contribution < 1.29 is 28.8 Å². The maximum absolute atomic E-state index is 12.9. The molecule has 4 rings (SSSR count). The molecule has 2 aliphatic heterocycles. The molecule has 0 aliphatic carbocycles. The summed E-state index contributed by atoms with van der Waals surface area (Å²) in [6.45, 7) is 1.13. The van der Waals surface area contributed by atoms with Crippen LogP contribution in [0.25, 0.3) is 0 Å². The van der Waals surface area contributed by atoms with Gasteiger partial charge in [0.1, 0.15) is 29.3 Å². The van der Waals surface area contributed by atoms with Crippen LogP contribution in [0, 0.1) is 16.0 Å². The number of β-lactam (4-membered cyclic amide) rings is 1. The number of aromatic nitrogens is 2. The van der Waals surface area contributed by atoms with Crippen LogP contribution in [-0.4, -0.2) is 43.0 Å². The molecule has 1 aromatic heterocycles. The number of hydrogen-bond acceptors (Lipinski definition) is 10. The molecule has 0 bridgehead atoms. The largest absolute Gasteiger partial charge is 0.456 e. The molecule has 12 heteroatoms. The van der Waals surface area contributed by atoms with E-state index >= 15 is 0 Å². The van der Waals surface area contributed by atoms with Crippen molar-refractivity contribution in [2.45, 2.75) is 25.0 Å². The number of non-ortho nitro benzene ring substituents is 1. The summed E-state index contributed by atoms with van der Waals surface area (Å²) in [5.74, 6) is -2.38. The number of benzene rings is 1. The topological polar surface area (TPSA) is 142 Å². The van der Waals surface area contributed by atoms with Crippen LogP contribution < -0.4 is 0 Å². The molecule has 1 saturated heterocycles. The SMILES string of the molecule is CC(=O)OC(c1cnccn1)C1C(=O)N2C(C(=O)OCc3ccc([N+](=O)[O-])cc3)=CS[C@H]12. The quantitative estimate of drug-likeness (QED) is 0.263. The summed E-state index contributed by atoms with van der Waals surface area (Å²) in [6, 6.07) is 5.60. The lowest BCUT2D eigenvalue weighted by Crippen LogP contribution is -2.59. The second-order valence-electron chi connectivity index (χ2n) is 6.92. The van der Waals surface area contributed by atoms with Crippen molar-refractivity contribution in [2.75, 3.05) is 0 Å². The predicted octanol–water partition coefficient (Wildman–Crippen LogP) is 2.11. The average molecular weight is 456 g/mol. The third-order valence-electron chi connectivity index (χ3n) is 4.88. The van der Waals surface area contributed by atoms with Gasteiger partial charge in [0.05, 0.1) is 11.1 Å². The molecule has 0 N–H and O–H groups in total. The van der Waals surface area contributed by atoms with E-state index in [9.17, 15) is 24.5 Å². The van der Waals surface area contributed by atoms with Gasteiger partial charge in [-0.2, -0.15) is 0 Å². The first-order chi connectivity index (χ1) is 15.4. The number of carbonyl (C=O) groups excluding carboxylic acids is 3. The third-order valence-corrected chi connectivity index (χ3v) is 6.03. The fourth-order valence-corrected chi connectivity index (χ4v) is 4.64. The van der Waals surface area contributed by atoms with Gasteiger partial charge >= 0.3 is 11.9 Å². The van der Waals surface area contributed by atoms with Crippen LogP contribution in [0.4, 0.5) is 5.69 Å². The number of amides is 1. The Kier molecular flexibility index (Phi) is 5.86. The molecule has 0 spiro atoms. The zero-order valence-corrected chi connectivity index (χ0v) is 17.4. The minimum Gasteiger partial charge on any atom is -0.456 e. The van der Waals surface area contributed by atoms with Crippen molar-refractivity contribution in [3.63, 3.8) is 0 Å². The molecule has 164 valence electrons. The van der Waals surface area contributed by atoms with E-state index < -0.39 is 40.2 Å². The van der Waals surface area contributed by atoms with Crippen LogP contribution in [0.2, 0.25) is 0 Å². The van der Waals surface area contributed by atoms with Crippen molar-refractivity contribution in [2.24, 2.45) is 5.92 Å². The summed E-state index contributed by atoms with van der Waals surface area (Å²) in [4.78, 5) is 56.6. The van der Waals surface area contributed by atoms with Crippen LogP contribution in [-0.2, 0) is 30.5 Å². The summed E-state index contributed by atoms with van der Waals surface area (Å²) in [5, 5.41) is 11.8. The summed E-state index contributed by atoms with van der Waals surface area (Å²) >= 11 is 1.25. The van der Waals surface area contributed by atoms with Gasteiger partial charge < -0.3 is 9.47 Å². The zero-order valence-electron chi connectivity index (χ0n) is 16.6. The smallest absolute Gasteiger partial charge is 0.355 e. The molecule has 0 saturated carbocycles. The Bertz CT molecular complexity index is 1110.